The molecule has 0 atom stereocenters. The van der Waals surface area contributed by atoms with E-state index in [4.69, 9.17) is 9.26 Å². The number of nitrogens with one attached hydrogen (secondary N) is 2. The maximum Gasteiger partial charge on any atom is 0.223 e. The number of aromatic nitrogens is 3. The monoisotopic (exact) mass is 444 g/mol. The van der Waals surface area contributed by atoms with Crippen LogP contribution in [0.5, 0.6) is 5.75 Å². The van der Waals surface area contributed by atoms with E-state index < -0.39 is 5.54 Å². The zero-order valence-electron chi connectivity index (χ0n) is 19.0. The summed E-state index contributed by atoms with van der Waals surface area (Å²) in [6.45, 7) is 1.78. The van der Waals surface area contributed by atoms with E-state index >= 15 is 0 Å². The summed E-state index contributed by atoms with van der Waals surface area (Å²) in [4.78, 5) is 21.1. The molecular weight excluding hydrogens is 416 g/mol. The van der Waals surface area contributed by atoms with Gasteiger partial charge in [-0.3, -0.25) is 4.79 Å². The Morgan fingerprint density at radius 1 is 1.15 bits per heavy atom. The lowest BCUT2D eigenvalue weighted by molar-refractivity contribution is -0.123. The third kappa shape index (κ3) is 4.11. The van der Waals surface area contributed by atoms with Crippen LogP contribution < -0.4 is 10.1 Å². The molecule has 2 aromatic carbocycles. The van der Waals surface area contributed by atoms with E-state index in [-0.39, 0.29) is 5.91 Å². The SMILES string of the molecule is COc1ccc(-c2[nH]c3ccccc3c2CCC(=O)NC2(c3noc(C)n3)CCCC2)cc1. The number of para-hydroxylation sites is 1. The zero-order chi connectivity index (χ0) is 22.8. The second-order valence-corrected chi connectivity index (χ2v) is 8.73. The summed E-state index contributed by atoms with van der Waals surface area (Å²) in [5, 5.41) is 8.52. The highest BCUT2D eigenvalue weighted by Crippen LogP contribution is 2.38. The predicted octanol–water partition coefficient (Wildman–Crippen LogP) is 5.05. The number of rotatable bonds is 7. The number of carbonyl (C=O) groups excluding carboxylic acids is 1. The van der Waals surface area contributed by atoms with E-state index in [0.29, 0.717) is 24.6 Å². The Morgan fingerprint density at radius 2 is 1.91 bits per heavy atom. The summed E-state index contributed by atoms with van der Waals surface area (Å²) in [6, 6.07) is 16.2. The summed E-state index contributed by atoms with van der Waals surface area (Å²) < 4.78 is 10.5. The molecule has 1 saturated carbocycles. The number of aryl methyl sites for hydroxylation is 2. The molecule has 7 heteroatoms. The molecule has 1 fully saturated rings. The quantitative estimate of drug-likeness (QED) is 0.416. The largest absolute Gasteiger partial charge is 0.497 e. The van der Waals surface area contributed by atoms with Gasteiger partial charge in [-0.15, -0.1) is 0 Å². The lowest BCUT2D eigenvalue weighted by Gasteiger charge is -2.26. The molecule has 0 unspecified atom stereocenters. The van der Waals surface area contributed by atoms with Gasteiger partial charge in [-0.2, -0.15) is 4.98 Å². The van der Waals surface area contributed by atoms with E-state index in [0.717, 1.165) is 59.2 Å². The number of ether oxygens (including phenoxy) is 1. The second kappa shape index (κ2) is 8.73. The smallest absolute Gasteiger partial charge is 0.223 e. The summed E-state index contributed by atoms with van der Waals surface area (Å²) >= 11 is 0. The fourth-order valence-electron chi connectivity index (χ4n) is 4.91. The van der Waals surface area contributed by atoms with Crippen molar-refractivity contribution >= 4 is 16.8 Å². The van der Waals surface area contributed by atoms with Crippen molar-refractivity contribution in [2.45, 2.75) is 51.0 Å². The van der Waals surface area contributed by atoms with Gasteiger partial charge in [0.1, 0.15) is 11.3 Å². The summed E-state index contributed by atoms with van der Waals surface area (Å²) in [5.74, 6) is 1.94. The fourth-order valence-corrected chi connectivity index (χ4v) is 4.91. The Morgan fingerprint density at radius 3 is 2.61 bits per heavy atom. The van der Waals surface area contributed by atoms with Crippen molar-refractivity contribution in [1.82, 2.24) is 20.4 Å². The molecule has 0 radical (unpaired) electrons. The average Bonchev–Trinajstić information content (AvgIpc) is 3.57. The molecule has 0 aliphatic heterocycles. The fraction of sp³-hybridized carbons (Fsp3) is 0.346. The summed E-state index contributed by atoms with van der Waals surface area (Å²) in [6.07, 6.45) is 4.75. The average molecular weight is 445 g/mol. The van der Waals surface area contributed by atoms with Gasteiger partial charge in [0.25, 0.3) is 0 Å². The first kappa shape index (κ1) is 21.2. The highest BCUT2D eigenvalue weighted by atomic mass is 16.5. The van der Waals surface area contributed by atoms with Crippen LogP contribution in [-0.4, -0.2) is 28.1 Å². The maximum atomic E-state index is 13.1. The lowest BCUT2D eigenvalue weighted by atomic mass is 9.95. The molecule has 33 heavy (non-hydrogen) atoms. The van der Waals surface area contributed by atoms with Gasteiger partial charge < -0.3 is 19.6 Å². The molecule has 0 saturated heterocycles. The molecule has 1 aliphatic rings. The molecule has 170 valence electrons. The van der Waals surface area contributed by atoms with Crippen LogP contribution >= 0.6 is 0 Å². The van der Waals surface area contributed by atoms with Gasteiger partial charge in [-0.05, 0) is 60.7 Å². The number of H-pyrrole nitrogens is 1. The molecule has 1 amide bonds. The first-order chi connectivity index (χ1) is 16.1. The van der Waals surface area contributed by atoms with Gasteiger partial charge in [0.2, 0.25) is 11.8 Å². The number of methoxy groups -OCH3 is 1. The number of hydrogen-bond donors (Lipinski definition) is 2. The van der Waals surface area contributed by atoms with Gasteiger partial charge in [0.15, 0.2) is 5.82 Å². The van der Waals surface area contributed by atoms with E-state index in [2.05, 4.69) is 32.6 Å². The topological polar surface area (TPSA) is 93.0 Å². The zero-order valence-corrected chi connectivity index (χ0v) is 19.0. The Bertz CT molecular complexity index is 1270. The minimum Gasteiger partial charge on any atom is -0.497 e. The lowest BCUT2D eigenvalue weighted by Crippen LogP contribution is -2.44. The number of aromatic amines is 1. The van der Waals surface area contributed by atoms with Crippen LogP contribution in [0.1, 0.15) is 49.4 Å². The maximum absolute atomic E-state index is 13.1. The number of hydrogen-bond acceptors (Lipinski definition) is 5. The standard InChI is InChI=1S/C26H28N4O3/c1-17-27-25(30-33-17)26(15-5-6-16-26)29-23(31)14-13-21-20-7-3-4-8-22(20)28-24(21)18-9-11-19(32-2)12-10-18/h3-4,7-12,28H,5-6,13-16H2,1-2H3,(H,29,31). The number of amides is 1. The normalized spacial score (nSPS) is 15.1. The van der Waals surface area contributed by atoms with E-state index in [9.17, 15) is 4.79 Å². The van der Waals surface area contributed by atoms with Crippen LogP contribution in [0, 0.1) is 6.92 Å². The number of fused-ring (bicyclic) bond motifs is 1. The first-order valence-corrected chi connectivity index (χ1v) is 11.4. The number of nitrogens with zero attached hydrogens (tertiary/aromatic N) is 2. The van der Waals surface area contributed by atoms with Crippen LogP contribution in [0.15, 0.2) is 53.1 Å². The highest BCUT2D eigenvalue weighted by Gasteiger charge is 2.41. The molecule has 0 bridgehead atoms. The van der Waals surface area contributed by atoms with E-state index in [1.165, 1.54) is 0 Å². The van der Waals surface area contributed by atoms with Gasteiger partial charge >= 0.3 is 0 Å². The molecule has 2 heterocycles. The van der Waals surface area contributed by atoms with Crippen LogP contribution in [0.3, 0.4) is 0 Å². The Kier molecular flexibility index (Phi) is 5.62. The molecule has 5 rings (SSSR count). The third-order valence-electron chi connectivity index (χ3n) is 6.59. The summed E-state index contributed by atoms with van der Waals surface area (Å²) in [5.41, 5.74) is 3.79. The Hall–Kier alpha value is -3.61. The van der Waals surface area contributed by atoms with Crippen molar-refractivity contribution in [3.8, 4) is 17.0 Å². The van der Waals surface area contributed by atoms with Crippen LogP contribution in [0.25, 0.3) is 22.2 Å². The number of benzene rings is 2. The van der Waals surface area contributed by atoms with Crippen molar-refractivity contribution < 1.29 is 14.1 Å². The number of carbonyl (C=O) groups is 1. The van der Waals surface area contributed by atoms with Crippen LogP contribution in [0.4, 0.5) is 0 Å². The Labute approximate surface area is 192 Å². The minimum absolute atomic E-state index is 0.00492. The van der Waals surface area contributed by atoms with Crippen molar-refractivity contribution in [1.29, 1.82) is 0 Å². The van der Waals surface area contributed by atoms with Crippen molar-refractivity contribution in [3.63, 3.8) is 0 Å². The van der Waals surface area contributed by atoms with Gasteiger partial charge in [0.05, 0.1) is 7.11 Å². The molecule has 0 spiro atoms. The molecule has 1 aliphatic carbocycles. The summed E-state index contributed by atoms with van der Waals surface area (Å²) in [7, 11) is 1.66. The third-order valence-corrected chi connectivity index (χ3v) is 6.59. The van der Waals surface area contributed by atoms with Crippen molar-refractivity contribution in [2.24, 2.45) is 0 Å². The Balaban J connectivity index is 1.39. The van der Waals surface area contributed by atoms with Gasteiger partial charge in [0, 0.05) is 29.9 Å². The second-order valence-electron chi connectivity index (χ2n) is 8.73. The first-order valence-electron chi connectivity index (χ1n) is 11.4. The minimum atomic E-state index is -0.520. The van der Waals surface area contributed by atoms with E-state index in [1.807, 2.05) is 36.4 Å². The highest BCUT2D eigenvalue weighted by molar-refractivity contribution is 5.91. The molecule has 2 N–H and O–H groups in total. The van der Waals surface area contributed by atoms with E-state index in [1.54, 1.807) is 14.0 Å². The molecule has 4 aromatic rings. The van der Waals surface area contributed by atoms with Gasteiger partial charge in [-0.25, -0.2) is 0 Å². The van der Waals surface area contributed by atoms with Crippen LogP contribution in [0.2, 0.25) is 0 Å². The molecule has 7 nitrogen and oxygen atoms in total. The van der Waals surface area contributed by atoms with Crippen molar-refractivity contribution in [2.75, 3.05) is 7.11 Å². The molecule has 2 aromatic heterocycles. The van der Waals surface area contributed by atoms with Crippen molar-refractivity contribution in [3.05, 3.63) is 65.8 Å². The van der Waals surface area contributed by atoms with Crippen LogP contribution in [-0.2, 0) is 16.8 Å². The van der Waals surface area contributed by atoms with Gasteiger partial charge in [-0.1, -0.05) is 36.2 Å². The predicted molar refractivity (Wildman–Crippen MR) is 126 cm³/mol. The molecular formula is C26H28N4O3.